The fraction of sp³-hybridized carbons (Fsp3) is 0.636. The number of aliphatic hydroxyl groups excluding tert-OH is 1. The molecule has 0 saturated carbocycles. The first-order valence-corrected chi connectivity index (χ1v) is 6.63. The van der Waals surface area contributed by atoms with E-state index >= 15 is 0 Å². The lowest BCUT2D eigenvalue weighted by molar-refractivity contribution is 0.281. The third-order valence-electron chi connectivity index (χ3n) is 2.81. The Balaban J connectivity index is 2.01. The molecule has 0 aliphatic heterocycles. The van der Waals surface area contributed by atoms with Crippen molar-refractivity contribution in [2.45, 2.75) is 31.7 Å². The molecule has 0 radical (unpaired) electrons. The lowest BCUT2D eigenvalue weighted by atomic mass is 9.94. The molecule has 1 aliphatic rings. The average Bonchev–Trinajstić information content (AvgIpc) is 2.59. The maximum atomic E-state index is 8.74. The highest BCUT2D eigenvalue weighted by atomic mass is 35.5. The number of hydrogen-bond donors (Lipinski definition) is 2. The molecule has 1 atom stereocenters. The van der Waals surface area contributed by atoms with Gasteiger partial charge in [0, 0.05) is 17.5 Å². The van der Waals surface area contributed by atoms with Gasteiger partial charge in [-0.25, -0.2) is 0 Å². The van der Waals surface area contributed by atoms with E-state index in [4.69, 9.17) is 16.7 Å². The van der Waals surface area contributed by atoms with Crippen molar-refractivity contribution in [2.75, 3.05) is 13.2 Å². The molecule has 1 aromatic heterocycles. The Morgan fingerprint density at radius 3 is 3.27 bits per heavy atom. The minimum atomic E-state index is 0.261. The Labute approximate surface area is 99.3 Å². The molecule has 84 valence electrons. The number of rotatable bonds is 4. The standard InChI is InChI=1S/C11H16ClNOS/c12-11-7-8-9(13-5-2-6-14)3-1-4-10(8)15-11/h7,9,13-14H,1-6H2. The Bertz CT molecular complexity index is 326. The SMILES string of the molecule is OCCCNC1CCCc2sc(Cl)cc21. The highest BCUT2D eigenvalue weighted by Gasteiger charge is 2.21. The molecule has 0 aromatic carbocycles. The normalized spacial score (nSPS) is 20.3. The Morgan fingerprint density at radius 2 is 2.47 bits per heavy atom. The number of halogens is 1. The van der Waals surface area contributed by atoms with Crippen molar-refractivity contribution in [3.63, 3.8) is 0 Å². The van der Waals surface area contributed by atoms with Crippen LogP contribution in [-0.2, 0) is 6.42 Å². The highest BCUT2D eigenvalue weighted by molar-refractivity contribution is 7.16. The molecule has 1 unspecified atom stereocenters. The average molecular weight is 246 g/mol. The van der Waals surface area contributed by atoms with E-state index in [9.17, 15) is 0 Å². The van der Waals surface area contributed by atoms with Crippen LogP contribution in [0.3, 0.4) is 0 Å². The molecule has 1 aromatic rings. The molecule has 4 heteroatoms. The van der Waals surface area contributed by atoms with E-state index in [1.807, 2.05) is 0 Å². The first-order chi connectivity index (χ1) is 7.31. The lowest BCUT2D eigenvalue weighted by Crippen LogP contribution is -2.25. The molecule has 2 rings (SSSR count). The van der Waals surface area contributed by atoms with Crippen molar-refractivity contribution < 1.29 is 5.11 Å². The van der Waals surface area contributed by atoms with Gasteiger partial charge in [-0.2, -0.15) is 0 Å². The van der Waals surface area contributed by atoms with E-state index in [1.54, 1.807) is 11.3 Å². The Hall–Kier alpha value is -0.0900. The van der Waals surface area contributed by atoms with Gasteiger partial charge in [-0.15, -0.1) is 11.3 Å². The van der Waals surface area contributed by atoms with Crippen LogP contribution in [0.1, 0.15) is 35.7 Å². The summed E-state index contributed by atoms with van der Waals surface area (Å²) in [6.45, 7) is 1.14. The summed E-state index contributed by atoms with van der Waals surface area (Å²) in [7, 11) is 0. The minimum absolute atomic E-state index is 0.261. The van der Waals surface area contributed by atoms with E-state index in [0.29, 0.717) is 6.04 Å². The van der Waals surface area contributed by atoms with Gasteiger partial charge < -0.3 is 10.4 Å². The van der Waals surface area contributed by atoms with Gasteiger partial charge in [0.25, 0.3) is 0 Å². The molecule has 1 aliphatic carbocycles. The Morgan fingerprint density at radius 1 is 1.60 bits per heavy atom. The van der Waals surface area contributed by atoms with Gasteiger partial charge in [-0.05, 0) is 43.9 Å². The third kappa shape index (κ3) is 2.72. The number of aryl methyl sites for hydroxylation is 1. The maximum absolute atomic E-state index is 8.74. The van der Waals surface area contributed by atoms with E-state index in [-0.39, 0.29) is 6.61 Å². The van der Waals surface area contributed by atoms with Crippen LogP contribution in [0.5, 0.6) is 0 Å². The van der Waals surface area contributed by atoms with Crippen LogP contribution in [0, 0.1) is 0 Å². The monoisotopic (exact) mass is 245 g/mol. The molecule has 1 heterocycles. The van der Waals surface area contributed by atoms with Crippen molar-refractivity contribution in [1.29, 1.82) is 0 Å². The maximum Gasteiger partial charge on any atom is 0.0934 e. The van der Waals surface area contributed by atoms with E-state index in [1.165, 1.54) is 29.7 Å². The summed E-state index contributed by atoms with van der Waals surface area (Å²) >= 11 is 7.74. The smallest absolute Gasteiger partial charge is 0.0934 e. The topological polar surface area (TPSA) is 32.3 Å². The highest BCUT2D eigenvalue weighted by Crippen LogP contribution is 2.37. The molecular formula is C11H16ClNOS. The van der Waals surface area contributed by atoms with Gasteiger partial charge in [0.15, 0.2) is 0 Å². The van der Waals surface area contributed by atoms with Crippen molar-refractivity contribution in [3.05, 3.63) is 20.8 Å². The second kappa shape index (κ2) is 5.30. The fourth-order valence-electron chi connectivity index (χ4n) is 2.09. The Kier molecular flexibility index (Phi) is 4.03. The zero-order chi connectivity index (χ0) is 10.7. The molecule has 2 nitrogen and oxygen atoms in total. The van der Waals surface area contributed by atoms with Crippen LogP contribution in [-0.4, -0.2) is 18.3 Å². The quantitative estimate of drug-likeness (QED) is 0.800. The van der Waals surface area contributed by atoms with Crippen LogP contribution in [0.15, 0.2) is 6.07 Å². The summed E-state index contributed by atoms with van der Waals surface area (Å²) < 4.78 is 0.899. The summed E-state index contributed by atoms with van der Waals surface area (Å²) in [4.78, 5) is 1.44. The molecule has 0 amide bonds. The zero-order valence-corrected chi connectivity index (χ0v) is 10.2. The van der Waals surface area contributed by atoms with E-state index in [0.717, 1.165) is 17.3 Å². The molecule has 0 spiro atoms. The molecule has 2 N–H and O–H groups in total. The predicted octanol–water partition coefficient (Wildman–Crippen LogP) is 2.75. The van der Waals surface area contributed by atoms with E-state index < -0.39 is 0 Å². The largest absolute Gasteiger partial charge is 0.396 e. The molecule has 15 heavy (non-hydrogen) atoms. The molecule has 0 saturated heterocycles. The first kappa shape index (κ1) is 11.4. The summed E-state index contributed by atoms with van der Waals surface area (Å²) in [6.07, 6.45) is 4.42. The van der Waals surface area contributed by atoms with Crippen molar-refractivity contribution in [3.8, 4) is 0 Å². The first-order valence-electron chi connectivity index (χ1n) is 5.43. The summed E-state index contributed by atoms with van der Waals surface area (Å²) in [6, 6.07) is 2.54. The van der Waals surface area contributed by atoms with Gasteiger partial charge >= 0.3 is 0 Å². The summed E-state index contributed by atoms with van der Waals surface area (Å²) in [5, 5.41) is 12.2. The van der Waals surface area contributed by atoms with Gasteiger partial charge in [-0.3, -0.25) is 0 Å². The second-order valence-corrected chi connectivity index (χ2v) is 5.67. The second-order valence-electron chi connectivity index (χ2n) is 3.91. The predicted molar refractivity (Wildman–Crippen MR) is 64.7 cm³/mol. The van der Waals surface area contributed by atoms with Crippen molar-refractivity contribution >= 4 is 22.9 Å². The van der Waals surface area contributed by atoms with Crippen LogP contribution < -0.4 is 5.32 Å². The van der Waals surface area contributed by atoms with Gasteiger partial charge in [0.2, 0.25) is 0 Å². The lowest BCUT2D eigenvalue weighted by Gasteiger charge is -2.23. The van der Waals surface area contributed by atoms with Gasteiger partial charge in [-0.1, -0.05) is 11.6 Å². The summed E-state index contributed by atoms with van der Waals surface area (Å²) in [5.41, 5.74) is 1.38. The molecule has 0 fully saturated rings. The van der Waals surface area contributed by atoms with Crippen molar-refractivity contribution in [2.24, 2.45) is 0 Å². The number of aliphatic hydroxyl groups is 1. The van der Waals surface area contributed by atoms with Crippen LogP contribution in [0.25, 0.3) is 0 Å². The van der Waals surface area contributed by atoms with Gasteiger partial charge in [0.05, 0.1) is 4.34 Å². The number of fused-ring (bicyclic) bond motifs is 1. The number of thiophene rings is 1. The van der Waals surface area contributed by atoms with Crippen LogP contribution >= 0.6 is 22.9 Å². The van der Waals surface area contributed by atoms with E-state index in [2.05, 4.69) is 11.4 Å². The fourth-order valence-corrected chi connectivity index (χ4v) is 3.47. The zero-order valence-electron chi connectivity index (χ0n) is 8.63. The third-order valence-corrected chi connectivity index (χ3v) is 4.15. The van der Waals surface area contributed by atoms with Crippen LogP contribution in [0.2, 0.25) is 4.34 Å². The molecule has 0 bridgehead atoms. The number of nitrogens with one attached hydrogen (secondary N) is 1. The minimum Gasteiger partial charge on any atom is -0.396 e. The van der Waals surface area contributed by atoms with Crippen LogP contribution in [0.4, 0.5) is 0 Å². The van der Waals surface area contributed by atoms with Crippen molar-refractivity contribution in [1.82, 2.24) is 5.32 Å². The summed E-state index contributed by atoms with van der Waals surface area (Å²) in [5.74, 6) is 0. The number of hydrogen-bond acceptors (Lipinski definition) is 3. The molecular weight excluding hydrogens is 230 g/mol. The van der Waals surface area contributed by atoms with Gasteiger partial charge in [0.1, 0.15) is 0 Å².